The summed E-state index contributed by atoms with van der Waals surface area (Å²) in [6, 6.07) is 2.79. The van der Waals surface area contributed by atoms with Crippen molar-refractivity contribution in [1.82, 2.24) is 0 Å². The zero-order valence-corrected chi connectivity index (χ0v) is 11.1. The predicted octanol–water partition coefficient (Wildman–Crippen LogP) is 1.35. The van der Waals surface area contributed by atoms with Crippen molar-refractivity contribution in [2.24, 2.45) is 0 Å². The Morgan fingerprint density at radius 2 is 1.75 bits per heavy atom. The molecule has 8 heteroatoms. The first kappa shape index (κ1) is 15.9. The number of hydrogen-bond donors (Lipinski definition) is 1. The molecule has 0 saturated carbocycles. The average Bonchev–Trinajstić information content (AvgIpc) is 2.36. The monoisotopic (exact) mass is 285 g/mol. The molecule has 0 fully saturated rings. The van der Waals surface area contributed by atoms with Crippen molar-refractivity contribution >= 4 is 11.7 Å². The summed E-state index contributed by atoms with van der Waals surface area (Å²) in [6.07, 6.45) is 0. The number of aliphatic carboxylic acids is 1. The lowest BCUT2D eigenvalue weighted by Gasteiger charge is -2.11. The molecular formula is C12H15NO7. The number of ether oxygens (including phenoxy) is 3. The first-order chi connectivity index (χ1) is 9.49. The van der Waals surface area contributed by atoms with E-state index in [2.05, 4.69) is 0 Å². The van der Waals surface area contributed by atoms with Crippen LogP contribution in [0, 0.1) is 10.1 Å². The number of rotatable bonds is 8. The summed E-state index contributed by atoms with van der Waals surface area (Å²) >= 11 is 0. The molecule has 1 aromatic rings. The highest BCUT2D eigenvalue weighted by atomic mass is 16.6. The summed E-state index contributed by atoms with van der Waals surface area (Å²) in [5.74, 6) is -0.915. The topological polar surface area (TPSA) is 108 Å². The van der Waals surface area contributed by atoms with Crippen molar-refractivity contribution in [2.75, 3.05) is 20.8 Å². The van der Waals surface area contributed by atoms with E-state index in [4.69, 9.17) is 19.3 Å². The maximum absolute atomic E-state index is 11.1. The molecule has 110 valence electrons. The van der Waals surface area contributed by atoms with E-state index in [1.165, 1.54) is 26.4 Å². The minimum Gasteiger partial charge on any atom is -0.482 e. The fourth-order valence-electron chi connectivity index (χ4n) is 1.72. The normalized spacial score (nSPS) is 10.3. The molecule has 20 heavy (non-hydrogen) atoms. The lowest BCUT2D eigenvalue weighted by atomic mass is 10.1. The minimum atomic E-state index is -1.13. The van der Waals surface area contributed by atoms with Crippen LogP contribution in [0.4, 0.5) is 5.69 Å². The summed E-state index contributed by atoms with van der Waals surface area (Å²) in [7, 11) is 2.81. The van der Waals surface area contributed by atoms with Gasteiger partial charge in [0, 0.05) is 14.2 Å². The number of benzene rings is 1. The van der Waals surface area contributed by atoms with Crippen LogP contribution in [0.1, 0.15) is 11.1 Å². The molecule has 0 amide bonds. The third-order valence-corrected chi connectivity index (χ3v) is 2.39. The molecule has 0 spiro atoms. The zero-order valence-electron chi connectivity index (χ0n) is 11.1. The van der Waals surface area contributed by atoms with Crippen LogP contribution in [0.15, 0.2) is 12.1 Å². The maximum atomic E-state index is 11.1. The Morgan fingerprint density at radius 1 is 1.25 bits per heavy atom. The first-order valence-electron chi connectivity index (χ1n) is 5.62. The third kappa shape index (κ3) is 4.18. The van der Waals surface area contributed by atoms with E-state index in [0.29, 0.717) is 11.1 Å². The molecule has 0 aliphatic rings. The van der Waals surface area contributed by atoms with E-state index in [1.54, 1.807) is 0 Å². The van der Waals surface area contributed by atoms with Gasteiger partial charge in [-0.3, -0.25) is 10.1 Å². The molecule has 8 nitrogen and oxygen atoms in total. The molecule has 0 aliphatic carbocycles. The standard InChI is InChI=1S/C12H15NO7/c1-18-5-8-3-10(20-7-11(14)15)4-9(6-19-2)12(8)13(16)17/h3-4H,5-7H2,1-2H3,(H,14,15). The number of methoxy groups -OCH3 is 2. The number of carboxylic acid groups (broad SMARTS) is 1. The van der Waals surface area contributed by atoms with Crippen molar-refractivity contribution < 1.29 is 29.0 Å². The quantitative estimate of drug-likeness (QED) is 0.567. The Morgan fingerprint density at radius 3 is 2.10 bits per heavy atom. The Balaban J connectivity index is 3.22. The number of hydrogen-bond acceptors (Lipinski definition) is 6. The molecule has 1 rings (SSSR count). The van der Waals surface area contributed by atoms with Crippen LogP contribution in [-0.4, -0.2) is 36.8 Å². The van der Waals surface area contributed by atoms with Gasteiger partial charge in [-0.25, -0.2) is 4.79 Å². The van der Waals surface area contributed by atoms with Crippen LogP contribution < -0.4 is 4.74 Å². The molecule has 0 aliphatic heterocycles. The largest absolute Gasteiger partial charge is 0.482 e. The van der Waals surface area contributed by atoms with E-state index in [-0.39, 0.29) is 24.7 Å². The number of nitro benzene ring substituents is 1. The van der Waals surface area contributed by atoms with Gasteiger partial charge in [0.1, 0.15) is 5.75 Å². The van der Waals surface area contributed by atoms with E-state index in [1.807, 2.05) is 0 Å². The highest BCUT2D eigenvalue weighted by Gasteiger charge is 2.21. The molecule has 0 atom stereocenters. The summed E-state index contributed by atoms with van der Waals surface area (Å²) in [4.78, 5) is 21.1. The second-order valence-corrected chi connectivity index (χ2v) is 3.90. The van der Waals surface area contributed by atoms with E-state index in [9.17, 15) is 14.9 Å². The fourth-order valence-corrected chi connectivity index (χ4v) is 1.72. The van der Waals surface area contributed by atoms with Crippen molar-refractivity contribution in [3.05, 3.63) is 33.4 Å². The molecule has 0 heterocycles. The minimum absolute atomic E-state index is 0.0112. The summed E-state index contributed by atoms with van der Waals surface area (Å²) in [5, 5.41) is 19.7. The number of carboxylic acids is 1. The van der Waals surface area contributed by atoms with Gasteiger partial charge < -0.3 is 19.3 Å². The fraction of sp³-hybridized carbons (Fsp3) is 0.417. The zero-order chi connectivity index (χ0) is 15.1. The average molecular weight is 285 g/mol. The van der Waals surface area contributed by atoms with Gasteiger partial charge in [0.15, 0.2) is 6.61 Å². The lowest BCUT2D eigenvalue weighted by Crippen LogP contribution is -2.11. The van der Waals surface area contributed by atoms with E-state index < -0.39 is 17.5 Å². The second kappa shape index (κ2) is 7.41. The Kier molecular flexibility index (Phi) is 5.88. The van der Waals surface area contributed by atoms with Crippen molar-refractivity contribution in [1.29, 1.82) is 0 Å². The van der Waals surface area contributed by atoms with Crippen LogP contribution in [-0.2, 0) is 27.5 Å². The van der Waals surface area contributed by atoms with Gasteiger partial charge in [-0.15, -0.1) is 0 Å². The van der Waals surface area contributed by atoms with Gasteiger partial charge in [-0.2, -0.15) is 0 Å². The third-order valence-electron chi connectivity index (χ3n) is 2.39. The number of carbonyl (C=O) groups is 1. The highest BCUT2D eigenvalue weighted by molar-refractivity contribution is 5.68. The van der Waals surface area contributed by atoms with Crippen LogP contribution in [0.3, 0.4) is 0 Å². The molecule has 1 N–H and O–H groups in total. The highest BCUT2D eigenvalue weighted by Crippen LogP contribution is 2.30. The predicted molar refractivity (Wildman–Crippen MR) is 67.7 cm³/mol. The lowest BCUT2D eigenvalue weighted by molar-refractivity contribution is -0.387. The molecular weight excluding hydrogens is 270 g/mol. The Bertz CT molecular complexity index is 474. The maximum Gasteiger partial charge on any atom is 0.341 e. The number of nitro groups is 1. The van der Waals surface area contributed by atoms with Crippen LogP contribution >= 0.6 is 0 Å². The van der Waals surface area contributed by atoms with Gasteiger partial charge in [-0.05, 0) is 12.1 Å². The molecule has 0 unspecified atom stereocenters. The molecule has 1 aromatic carbocycles. The molecule has 0 radical (unpaired) electrons. The van der Waals surface area contributed by atoms with E-state index >= 15 is 0 Å². The Hall–Kier alpha value is -2.19. The van der Waals surface area contributed by atoms with Crippen LogP contribution in [0.25, 0.3) is 0 Å². The van der Waals surface area contributed by atoms with Crippen LogP contribution in [0.5, 0.6) is 5.75 Å². The van der Waals surface area contributed by atoms with Gasteiger partial charge in [0.2, 0.25) is 0 Å². The van der Waals surface area contributed by atoms with Gasteiger partial charge in [-0.1, -0.05) is 0 Å². The second-order valence-electron chi connectivity index (χ2n) is 3.90. The first-order valence-corrected chi connectivity index (χ1v) is 5.62. The molecule has 0 bridgehead atoms. The smallest absolute Gasteiger partial charge is 0.341 e. The summed E-state index contributed by atoms with van der Waals surface area (Å²) in [5.41, 5.74) is 0.483. The van der Waals surface area contributed by atoms with Crippen molar-refractivity contribution in [3.63, 3.8) is 0 Å². The van der Waals surface area contributed by atoms with Gasteiger partial charge in [0.05, 0.1) is 29.3 Å². The molecule has 0 saturated heterocycles. The summed E-state index contributed by atoms with van der Waals surface area (Å²) in [6.45, 7) is -0.509. The molecule has 0 aromatic heterocycles. The van der Waals surface area contributed by atoms with E-state index in [0.717, 1.165) is 0 Å². The van der Waals surface area contributed by atoms with Crippen LogP contribution in [0.2, 0.25) is 0 Å². The SMILES string of the molecule is COCc1cc(OCC(=O)O)cc(COC)c1[N+](=O)[O-]. The van der Waals surface area contributed by atoms with Gasteiger partial charge >= 0.3 is 5.97 Å². The van der Waals surface area contributed by atoms with Crippen molar-refractivity contribution in [3.8, 4) is 5.75 Å². The van der Waals surface area contributed by atoms with Gasteiger partial charge in [0.25, 0.3) is 5.69 Å². The Labute approximate surface area is 115 Å². The van der Waals surface area contributed by atoms with Crippen molar-refractivity contribution in [2.45, 2.75) is 13.2 Å². The summed E-state index contributed by atoms with van der Waals surface area (Å²) < 4.78 is 14.9. The number of nitrogens with zero attached hydrogens (tertiary/aromatic N) is 1.